The van der Waals surface area contributed by atoms with Crippen LogP contribution in [0, 0.1) is 0 Å². The Labute approximate surface area is 222 Å². The number of nitrogens with zero attached hydrogens (tertiary/aromatic N) is 1. The Bertz CT molecular complexity index is 1110. The number of benzene rings is 3. The second kappa shape index (κ2) is 13.7. The maximum atomic E-state index is 12.9. The minimum absolute atomic E-state index is 0.0678. The third kappa shape index (κ3) is 8.28. The van der Waals surface area contributed by atoms with Crippen molar-refractivity contribution in [3.05, 3.63) is 89.5 Å². The first-order valence-electron chi connectivity index (χ1n) is 13.2. The smallest absolute Gasteiger partial charge is 0.222 e. The van der Waals surface area contributed by atoms with Crippen LogP contribution in [-0.4, -0.2) is 36.7 Å². The van der Waals surface area contributed by atoms with Gasteiger partial charge in [0.25, 0.3) is 0 Å². The number of amides is 1. The van der Waals surface area contributed by atoms with E-state index in [9.17, 15) is 4.79 Å². The van der Waals surface area contributed by atoms with Gasteiger partial charge in [0.1, 0.15) is 17.2 Å². The lowest BCUT2D eigenvalue weighted by molar-refractivity contribution is -0.131. The molecular weight excluding hydrogens is 462 g/mol. The molecule has 0 aliphatic carbocycles. The number of methoxy groups -OCH3 is 1. The van der Waals surface area contributed by atoms with E-state index in [1.165, 1.54) is 5.56 Å². The van der Waals surface area contributed by atoms with Crippen LogP contribution < -0.4 is 14.2 Å². The molecule has 3 aromatic rings. The highest BCUT2D eigenvalue weighted by molar-refractivity contribution is 5.75. The van der Waals surface area contributed by atoms with Gasteiger partial charge in [-0.2, -0.15) is 0 Å². The van der Waals surface area contributed by atoms with Crippen molar-refractivity contribution in [3.8, 4) is 17.2 Å². The van der Waals surface area contributed by atoms with Crippen molar-refractivity contribution in [3.63, 3.8) is 0 Å². The molecule has 0 unspecified atom stereocenters. The monoisotopic (exact) mass is 503 g/mol. The Balaban J connectivity index is 1.83. The maximum absolute atomic E-state index is 12.9. The lowest BCUT2D eigenvalue weighted by Crippen LogP contribution is -2.31. The van der Waals surface area contributed by atoms with E-state index >= 15 is 0 Å². The molecule has 0 aliphatic heterocycles. The van der Waals surface area contributed by atoms with E-state index in [0.717, 1.165) is 34.8 Å². The van der Waals surface area contributed by atoms with Crippen LogP contribution in [0.25, 0.3) is 0 Å². The summed E-state index contributed by atoms with van der Waals surface area (Å²) in [5.41, 5.74) is 3.36. The van der Waals surface area contributed by atoms with E-state index in [0.29, 0.717) is 19.5 Å². The summed E-state index contributed by atoms with van der Waals surface area (Å²) >= 11 is 0. The average Bonchev–Trinajstić information content (AvgIpc) is 2.89. The molecule has 0 heterocycles. The zero-order valence-electron chi connectivity index (χ0n) is 23.1. The molecule has 0 spiro atoms. The summed E-state index contributed by atoms with van der Waals surface area (Å²) in [5, 5.41) is 0. The van der Waals surface area contributed by atoms with Gasteiger partial charge in [0.05, 0.1) is 19.3 Å². The third-order valence-corrected chi connectivity index (χ3v) is 6.18. The van der Waals surface area contributed by atoms with Crippen molar-refractivity contribution in [1.82, 2.24) is 4.90 Å². The quantitative estimate of drug-likeness (QED) is 0.247. The topological polar surface area (TPSA) is 48.0 Å². The van der Waals surface area contributed by atoms with Gasteiger partial charge in [0.15, 0.2) is 0 Å². The van der Waals surface area contributed by atoms with Crippen LogP contribution in [-0.2, 0) is 11.3 Å². The standard InChI is InChI=1S/C32H41NO4/c1-7-32(34)33(22-25-12-16-27(17-13-25)36-23(2)3)21-20-29(30-10-8-9-11-31(30)35-6)26-14-18-28(19-15-26)37-24(4)5/h8-19,23-24,29H,7,20-22H2,1-6H3/t29-/m1/s1. The number of carbonyl (C=O) groups excluding carboxylic acids is 1. The molecule has 0 N–H and O–H groups in total. The van der Waals surface area contributed by atoms with Gasteiger partial charge in [-0.15, -0.1) is 0 Å². The van der Waals surface area contributed by atoms with Crippen LogP contribution in [0.1, 0.15) is 70.1 Å². The van der Waals surface area contributed by atoms with E-state index in [2.05, 4.69) is 18.2 Å². The highest BCUT2D eigenvalue weighted by Gasteiger charge is 2.21. The second-order valence-electron chi connectivity index (χ2n) is 9.80. The highest BCUT2D eigenvalue weighted by Crippen LogP contribution is 2.35. The first-order chi connectivity index (χ1) is 17.8. The summed E-state index contributed by atoms with van der Waals surface area (Å²) in [6.45, 7) is 11.2. The number of rotatable bonds is 13. The molecule has 37 heavy (non-hydrogen) atoms. The van der Waals surface area contributed by atoms with Crippen LogP contribution >= 0.6 is 0 Å². The van der Waals surface area contributed by atoms with Gasteiger partial charge < -0.3 is 19.1 Å². The fourth-order valence-corrected chi connectivity index (χ4v) is 4.47. The van der Waals surface area contributed by atoms with Gasteiger partial charge >= 0.3 is 0 Å². The summed E-state index contributed by atoms with van der Waals surface area (Å²) in [6, 6.07) is 24.4. The van der Waals surface area contributed by atoms with Crippen molar-refractivity contribution in [2.45, 2.75) is 72.1 Å². The molecule has 0 saturated carbocycles. The van der Waals surface area contributed by atoms with E-state index in [-0.39, 0.29) is 24.0 Å². The van der Waals surface area contributed by atoms with Gasteiger partial charge in [0, 0.05) is 31.0 Å². The summed E-state index contributed by atoms with van der Waals surface area (Å²) in [5.74, 6) is 2.75. The van der Waals surface area contributed by atoms with Crippen molar-refractivity contribution in [2.24, 2.45) is 0 Å². The lowest BCUT2D eigenvalue weighted by atomic mass is 9.87. The molecule has 3 aromatic carbocycles. The van der Waals surface area contributed by atoms with E-state index in [1.54, 1.807) is 7.11 Å². The predicted molar refractivity (Wildman–Crippen MR) is 150 cm³/mol. The summed E-state index contributed by atoms with van der Waals surface area (Å²) in [7, 11) is 1.70. The van der Waals surface area contributed by atoms with Gasteiger partial charge in [-0.3, -0.25) is 4.79 Å². The van der Waals surface area contributed by atoms with E-state index in [1.807, 2.05) is 94.1 Å². The van der Waals surface area contributed by atoms with Gasteiger partial charge in [-0.25, -0.2) is 0 Å². The molecule has 198 valence electrons. The number of carbonyl (C=O) groups is 1. The van der Waals surface area contributed by atoms with E-state index in [4.69, 9.17) is 14.2 Å². The Morgan fingerprint density at radius 3 is 1.92 bits per heavy atom. The highest BCUT2D eigenvalue weighted by atomic mass is 16.5. The van der Waals surface area contributed by atoms with Crippen LogP contribution in [0.2, 0.25) is 0 Å². The maximum Gasteiger partial charge on any atom is 0.222 e. The largest absolute Gasteiger partial charge is 0.496 e. The Kier molecular flexibility index (Phi) is 10.4. The molecule has 0 bridgehead atoms. The summed E-state index contributed by atoms with van der Waals surface area (Å²) in [6.07, 6.45) is 1.48. The third-order valence-electron chi connectivity index (χ3n) is 6.18. The first-order valence-corrected chi connectivity index (χ1v) is 13.2. The van der Waals surface area contributed by atoms with Gasteiger partial charge in [-0.05, 0) is 75.6 Å². The van der Waals surface area contributed by atoms with Crippen LogP contribution in [0.3, 0.4) is 0 Å². The lowest BCUT2D eigenvalue weighted by Gasteiger charge is -2.27. The molecular formula is C32H41NO4. The minimum Gasteiger partial charge on any atom is -0.496 e. The Morgan fingerprint density at radius 2 is 1.38 bits per heavy atom. The molecule has 0 aliphatic rings. The molecule has 0 radical (unpaired) electrons. The van der Waals surface area contributed by atoms with Gasteiger partial charge in [0.2, 0.25) is 5.91 Å². The van der Waals surface area contributed by atoms with Crippen molar-refractivity contribution < 1.29 is 19.0 Å². The SMILES string of the molecule is CCC(=O)N(CC[C@H](c1ccc(OC(C)C)cc1)c1ccccc1OC)Cc1ccc(OC(C)C)cc1. The molecule has 0 aromatic heterocycles. The molecule has 1 atom stereocenters. The number of para-hydroxylation sites is 1. The minimum atomic E-state index is 0.0678. The molecule has 1 amide bonds. The predicted octanol–water partition coefficient (Wildman–Crippen LogP) is 7.23. The summed E-state index contributed by atoms with van der Waals surface area (Å²) < 4.78 is 17.3. The molecule has 5 nitrogen and oxygen atoms in total. The fourth-order valence-electron chi connectivity index (χ4n) is 4.47. The summed E-state index contributed by atoms with van der Waals surface area (Å²) in [4.78, 5) is 14.9. The zero-order valence-corrected chi connectivity index (χ0v) is 23.1. The normalized spacial score (nSPS) is 11.9. The van der Waals surface area contributed by atoms with Crippen LogP contribution in [0.15, 0.2) is 72.8 Å². The number of ether oxygens (including phenoxy) is 3. The Hall–Kier alpha value is -3.47. The molecule has 0 fully saturated rings. The number of hydrogen-bond acceptors (Lipinski definition) is 4. The first kappa shape index (κ1) is 28.1. The molecule has 3 rings (SSSR count). The average molecular weight is 504 g/mol. The zero-order chi connectivity index (χ0) is 26.8. The fraction of sp³-hybridized carbons (Fsp3) is 0.406. The molecule has 0 saturated heterocycles. The van der Waals surface area contributed by atoms with Crippen molar-refractivity contribution >= 4 is 5.91 Å². The van der Waals surface area contributed by atoms with Gasteiger partial charge in [-0.1, -0.05) is 49.4 Å². The van der Waals surface area contributed by atoms with Crippen molar-refractivity contribution in [2.75, 3.05) is 13.7 Å². The van der Waals surface area contributed by atoms with Crippen LogP contribution in [0.4, 0.5) is 0 Å². The van der Waals surface area contributed by atoms with Crippen molar-refractivity contribution in [1.29, 1.82) is 0 Å². The second-order valence-corrected chi connectivity index (χ2v) is 9.80. The number of hydrogen-bond donors (Lipinski definition) is 0. The van der Waals surface area contributed by atoms with E-state index < -0.39 is 0 Å². The van der Waals surface area contributed by atoms with Crippen LogP contribution in [0.5, 0.6) is 17.2 Å². The Morgan fingerprint density at radius 1 is 0.811 bits per heavy atom. The molecule has 5 heteroatoms.